The highest BCUT2D eigenvalue weighted by Crippen LogP contribution is 2.38. The van der Waals surface area contributed by atoms with E-state index < -0.39 is 32.4 Å². The van der Waals surface area contributed by atoms with Crippen LogP contribution in [-0.4, -0.2) is 38.9 Å². The molecule has 1 unspecified atom stereocenters. The third kappa shape index (κ3) is 2.35. The molecule has 8 heteroatoms. The first-order chi connectivity index (χ1) is 9.86. The number of nitrogens with one attached hydrogen (secondary N) is 1. The fraction of sp³-hybridized carbons (Fsp3) is 0.538. The monoisotopic (exact) mass is 320 g/mol. The molecule has 0 aromatic heterocycles. The van der Waals surface area contributed by atoms with Gasteiger partial charge >= 0.3 is 0 Å². The SMILES string of the molecule is O=S(=O)(c1ccc(F)c(F)c1F)N1CCC2(CCNC2)C1. The van der Waals surface area contributed by atoms with Crippen molar-refractivity contribution in [1.82, 2.24) is 9.62 Å². The summed E-state index contributed by atoms with van der Waals surface area (Å²) in [4.78, 5) is -0.801. The molecule has 1 aromatic rings. The molecule has 2 saturated heterocycles. The molecule has 0 aliphatic carbocycles. The Hall–Kier alpha value is -1.12. The molecule has 3 rings (SSSR count). The molecule has 0 bridgehead atoms. The zero-order valence-corrected chi connectivity index (χ0v) is 12.0. The summed E-state index contributed by atoms with van der Waals surface area (Å²) in [7, 11) is -4.15. The van der Waals surface area contributed by atoms with Crippen molar-refractivity contribution >= 4 is 10.0 Å². The van der Waals surface area contributed by atoms with E-state index in [1.54, 1.807) is 0 Å². The standard InChI is InChI=1S/C13H15F3N2O2S/c14-9-1-2-10(12(16)11(9)15)21(19,20)18-6-4-13(8-18)3-5-17-7-13/h1-2,17H,3-8H2. The Kier molecular flexibility index (Phi) is 3.50. The third-order valence-corrected chi connectivity index (χ3v) is 6.22. The minimum absolute atomic E-state index is 0.123. The molecule has 1 atom stereocenters. The zero-order valence-electron chi connectivity index (χ0n) is 11.2. The lowest BCUT2D eigenvalue weighted by molar-refractivity contribution is 0.337. The number of nitrogens with zero attached hydrogens (tertiary/aromatic N) is 1. The molecule has 2 heterocycles. The Morgan fingerprint density at radius 1 is 1.14 bits per heavy atom. The van der Waals surface area contributed by atoms with E-state index in [2.05, 4.69) is 5.32 Å². The van der Waals surface area contributed by atoms with Gasteiger partial charge in [0.05, 0.1) is 0 Å². The molecule has 116 valence electrons. The van der Waals surface area contributed by atoms with E-state index in [-0.39, 0.29) is 18.5 Å². The van der Waals surface area contributed by atoms with Crippen molar-refractivity contribution in [2.75, 3.05) is 26.2 Å². The highest BCUT2D eigenvalue weighted by atomic mass is 32.2. The fourth-order valence-corrected chi connectivity index (χ4v) is 4.70. The van der Waals surface area contributed by atoms with Gasteiger partial charge in [-0.3, -0.25) is 0 Å². The maximum Gasteiger partial charge on any atom is 0.246 e. The highest BCUT2D eigenvalue weighted by molar-refractivity contribution is 7.89. The lowest BCUT2D eigenvalue weighted by Gasteiger charge is -2.22. The first-order valence-electron chi connectivity index (χ1n) is 6.70. The predicted molar refractivity (Wildman–Crippen MR) is 69.6 cm³/mol. The smallest absolute Gasteiger partial charge is 0.246 e. The van der Waals surface area contributed by atoms with Gasteiger partial charge in [0.1, 0.15) is 4.90 Å². The summed E-state index contributed by atoms with van der Waals surface area (Å²) in [6.45, 7) is 2.09. The molecule has 4 nitrogen and oxygen atoms in total. The van der Waals surface area contributed by atoms with Crippen LogP contribution in [0.1, 0.15) is 12.8 Å². The van der Waals surface area contributed by atoms with Gasteiger partial charge in [0.2, 0.25) is 10.0 Å². The van der Waals surface area contributed by atoms with Gasteiger partial charge < -0.3 is 5.32 Å². The lowest BCUT2D eigenvalue weighted by Crippen LogP contribution is -2.33. The minimum Gasteiger partial charge on any atom is -0.316 e. The van der Waals surface area contributed by atoms with Gasteiger partial charge in [0, 0.05) is 19.6 Å². The number of sulfonamides is 1. The van der Waals surface area contributed by atoms with Crippen LogP contribution in [0, 0.1) is 22.9 Å². The predicted octanol–water partition coefficient (Wildman–Crippen LogP) is 1.48. The molecular weight excluding hydrogens is 305 g/mol. The van der Waals surface area contributed by atoms with Crippen LogP contribution in [-0.2, 0) is 10.0 Å². The second-order valence-corrected chi connectivity index (χ2v) is 7.60. The second kappa shape index (κ2) is 4.96. The number of benzene rings is 1. The van der Waals surface area contributed by atoms with Crippen molar-refractivity contribution in [2.24, 2.45) is 5.41 Å². The molecule has 2 aliphatic rings. The Balaban J connectivity index is 1.93. The topological polar surface area (TPSA) is 49.4 Å². The summed E-state index contributed by atoms with van der Waals surface area (Å²) in [6, 6.07) is 1.41. The number of hydrogen-bond donors (Lipinski definition) is 1. The second-order valence-electron chi connectivity index (χ2n) is 5.69. The number of rotatable bonds is 2. The maximum absolute atomic E-state index is 13.7. The summed E-state index contributed by atoms with van der Waals surface area (Å²) < 4.78 is 66.0. The van der Waals surface area contributed by atoms with Gasteiger partial charge in [-0.05, 0) is 36.9 Å². The van der Waals surface area contributed by atoms with Gasteiger partial charge in [-0.25, -0.2) is 21.6 Å². The Morgan fingerprint density at radius 3 is 2.57 bits per heavy atom. The first-order valence-corrected chi connectivity index (χ1v) is 8.14. The molecule has 2 aliphatic heterocycles. The van der Waals surface area contributed by atoms with Crippen LogP contribution >= 0.6 is 0 Å². The van der Waals surface area contributed by atoms with E-state index in [1.165, 1.54) is 0 Å². The maximum atomic E-state index is 13.7. The van der Waals surface area contributed by atoms with Crippen LogP contribution in [0.5, 0.6) is 0 Å². The minimum atomic E-state index is -4.15. The number of hydrogen-bond acceptors (Lipinski definition) is 3. The van der Waals surface area contributed by atoms with E-state index in [0.29, 0.717) is 12.5 Å². The molecule has 1 aromatic carbocycles. The van der Waals surface area contributed by atoms with Crippen LogP contribution in [0.2, 0.25) is 0 Å². The number of halogens is 3. The largest absolute Gasteiger partial charge is 0.316 e. The van der Waals surface area contributed by atoms with Crippen LogP contribution in [0.3, 0.4) is 0 Å². The lowest BCUT2D eigenvalue weighted by atomic mass is 9.87. The van der Waals surface area contributed by atoms with E-state index in [1.807, 2.05) is 0 Å². The quantitative estimate of drug-likeness (QED) is 0.840. The molecule has 1 spiro atoms. The van der Waals surface area contributed by atoms with E-state index >= 15 is 0 Å². The van der Waals surface area contributed by atoms with Crippen LogP contribution in [0.4, 0.5) is 13.2 Å². The highest BCUT2D eigenvalue weighted by Gasteiger charge is 2.45. The van der Waals surface area contributed by atoms with Crippen molar-refractivity contribution in [3.05, 3.63) is 29.6 Å². The summed E-state index contributed by atoms with van der Waals surface area (Å²) in [6.07, 6.45) is 1.55. The summed E-state index contributed by atoms with van der Waals surface area (Å²) in [5.74, 6) is -4.81. The van der Waals surface area contributed by atoms with Crippen LogP contribution in [0.25, 0.3) is 0 Å². The molecule has 1 N–H and O–H groups in total. The molecular formula is C13H15F3N2O2S. The Labute approximate surface area is 121 Å². The van der Waals surface area contributed by atoms with Crippen LogP contribution < -0.4 is 5.32 Å². The van der Waals surface area contributed by atoms with Crippen molar-refractivity contribution < 1.29 is 21.6 Å². The van der Waals surface area contributed by atoms with Gasteiger partial charge in [-0.15, -0.1) is 0 Å². The van der Waals surface area contributed by atoms with E-state index in [4.69, 9.17) is 0 Å². The third-order valence-electron chi connectivity index (χ3n) is 4.35. The average Bonchev–Trinajstić information content (AvgIpc) is 3.07. The molecule has 21 heavy (non-hydrogen) atoms. The fourth-order valence-electron chi connectivity index (χ4n) is 3.09. The van der Waals surface area contributed by atoms with Gasteiger partial charge in [-0.2, -0.15) is 4.31 Å². The van der Waals surface area contributed by atoms with Crippen molar-refractivity contribution in [2.45, 2.75) is 17.7 Å². The Morgan fingerprint density at radius 2 is 1.90 bits per heavy atom. The Bertz CT molecular complexity index is 672. The average molecular weight is 320 g/mol. The van der Waals surface area contributed by atoms with Gasteiger partial charge in [0.15, 0.2) is 17.5 Å². The normalized spacial score (nSPS) is 26.8. The molecule has 0 amide bonds. The van der Waals surface area contributed by atoms with Gasteiger partial charge in [0.25, 0.3) is 0 Å². The molecule has 0 radical (unpaired) electrons. The zero-order chi connectivity index (χ0) is 15.3. The summed E-state index contributed by atoms with van der Waals surface area (Å²) in [5.41, 5.74) is -0.123. The van der Waals surface area contributed by atoms with E-state index in [0.717, 1.165) is 29.9 Å². The molecule has 2 fully saturated rings. The van der Waals surface area contributed by atoms with E-state index in [9.17, 15) is 21.6 Å². The first kappa shape index (κ1) is 14.8. The van der Waals surface area contributed by atoms with Crippen molar-refractivity contribution in [1.29, 1.82) is 0 Å². The van der Waals surface area contributed by atoms with Crippen molar-refractivity contribution in [3.8, 4) is 0 Å². The summed E-state index contributed by atoms with van der Waals surface area (Å²) in [5, 5.41) is 3.19. The van der Waals surface area contributed by atoms with Crippen molar-refractivity contribution in [3.63, 3.8) is 0 Å². The van der Waals surface area contributed by atoms with Gasteiger partial charge in [-0.1, -0.05) is 0 Å². The summed E-state index contributed by atoms with van der Waals surface area (Å²) >= 11 is 0. The molecule has 0 saturated carbocycles. The van der Waals surface area contributed by atoms with Crippen LogP contribution in [0.15, 0.2) is 17.0 Å².